The second-order valence-electron chi connectivity index (χ2n) is 2.04. The van der Waals surface area contributed by atoms with E-state index in [1.807, 2.05) is 0 Å². The third-order valence-electron chi connectivity index (χ3n) is 1.19. The van der Waals surface area contributed by atoms with Gasteiger partial charge in [0, 0.05) is 28.8 Å². The number of halogens is 1. The first-order valence-electron chi connectivity index (χ1n) is 3.43. The Morgan fingerprint density at radius 1 is 1.10 bits per heavy atom. The monoisotopic (exact) mass is 198 g/mol. The van der Waals surface area contributed by atoms with Gasteiger partial charge in [-0.1, -0.05) is 12.3 Å². The number of rotatable bonds is 4. The van der Waals surface area contributed by atoms with Gasteiger partial charge in [-0.15, -0.1) is 12.3 Å². The molecule has 0 aliphatic rings. The normalized spacial score (nSPS) is 7.60. The summed E-state index contributed by atoms with van der Waals surface area (Å²) in [6, 6.07) is 0. The van der Waals surface area contributed by atoms with Crippen molar-refractivity contribution in [2.75, 3.05) is 0 Å². The zero-order valence-corrected chi connectivity index (χ0v) is 7.58. The molecule has 0 N–H and O–H groups in total. The zero-order valence-electron chi connectivity index (χ0n) is 5.99. The van der Waals surface area contributed by atoms with Crippen molar-refractivity contribution in [3.05, 3.63) is 0 Å². The minimum absolute atomic E-state index is 0.905. The Morgan fingerprint density at radius 2 is 1.80 bits per heavy atom. The van der Waals surface area contributed by atoms with Crippen LogP contribution in [0.1, 0.15) is 32.1 Å². The Bertz CT molecular complexity index is 154. The van der Waals surface area contributed by atoms with Crippen LogP contribution in [0.15, 0.2) is 0 Å². The lowest BCUT2D eigenvalue weighted by Gasteiger charge is -1.90. The van der Waals surface area contributed by atoms with Crippen molar-refractivity contribution < 1.29 is 0 Å². The van der Waals surface area contributed by atoms with Crippen molar-refractivity contribution in [3.63, 3.8) is 0 Å². The van der Waals surface area contributed by atoms with E-state index in [1.54, 1.807) is 0 Å². The molecule has 0 atom stereocenters. The molecule has 0 saturated heterocycles. The zero-order chi connectivity index (χ0) is 7.66. The van der Waals surface area contributed by atoms with Gasteiger partial charge in [-0.25, -0.2) is 0 Å². The van der Waals surface area contributed by atoms with Gasteiger partial charge in [0.1, 0.15) is 0 Å². The van der Waals surface area contributed by atoms with Crippen LogP contribution in [0.25, 0.3) is 0 Å². The Balaban J connectivity index is 2.90. The Morgan fingerprint density at radius 3 is 2.40 bits per heavy atom. The Hall–Kier alpha value is -0.400. The number of hydrogen-bond donors (Lipinski definition) is 0. The molecule has 1 heteroatoms. The standard InChI is InChI=1S/C9H11Br/c1-2-3-4-5-6-7-8-9-10/h1H,3-7H2. The lowest BCUT2D eigenvalue weighted by molar-refractivity contribution is 0.709. The first-order chi connectivity index (χ1) is 4.91. The van der Waals surface area contributed by atoms with Crippen molar-refractivity contribution in [3.8, 4) is 23.1 Å². The summed E-state index contributed by atoms with van der Waals surface area (Å²) in [4.78, 5) is 2.68. The molecule has 10 heavy (non-hydrogen) atoms. The van der Waals surface area contributed by atoms with E-state index in [2.05, 4.69) is 32.6 Å². The molecular weight excluding hydrogens is 188 g/mol. The summed E-state index contributed by atoms with van der Waals surface area (Å²) in [6.45, 7) is 0. The van der Waals surface area contributed by atoms with Gasteiger partial charge in [0.15, 0.2) is 0 Å². The van der Waals surface area contributed by atoms with E-state index in [-0.39, 0.29) is 0 Å². The molecule has 0 amide bonds. The van der Waals surface area contributed by atoms with Crippen LogP contribution < -0.4 is 0 Å². The third kappa shape index (κ3) is 7.60. The minimum atomic E-state index is 0.905. The summed E-state index contributed by atoms with van der Waals surface area (Å²) in [5.41, 5.74) is 0. The SMILES string of the molecule is C#CCCCCCC#CBr. The van der Waals surface area contributed by atoms with Gasteiger partial charge >= 0.3 is 0 Å². The summed E-state index contributed by atoms with van der Waals surface area (Å²) >= 11 is 3.04. The molecular formula is C9H11Br. The molecule has 0 saturated carbocycles. The Labute approximate surface area is 71.5 Å². The molecule has 0 aliphatic heterocycles. The first kappa shape index (κ1) is 9.60. The van der Waals surface area contributed by atoms with Crippen LogP contribution in [0.4, 0.5) is 0 Å². The van der Waals surface area contributed by atoms with E-state index in [4.69, 9.17) is 6.42 Å². The molecule has 0 nitrogen and oxygen atoms in total. The second-order valence-corrected chi connectivity index (χ2v) is 2.43. The van der Waals surface area contributed by atoms with Crippen LogP contribution >= 0.6 is 15.9 Å². The van der Waals surface area contributed by atoms with Gasteiger partial charge in [-0.05, 0) is 17.7 Å². The average molecular weight is 199 g/mol. The molecule has 0 fully saturated rings. The molecule has 0 aromatic carbocycles. The summed E-state index contributed by atoms with van der Waals surface area (Å²) in [5.74, 6) is 5.55. The molecule has 0 heterocycles. The number of hydrogen-bond acceptors (Lipinski definition) is 0. The smallest absolute Gasteiger partial charge is 0.0106 e. The fraction of sp³-hybridized carbons (Fsp3) is 0.556. The van der Waals surface area contributed by atoms with Gasteiger partial charge < -0.3 is 0 Å². The van der Waals surface area contributed by atoms with Crippen molar-refractivity contribution in [2.45, 2.75) is 32.1 Å². The molecule has 0 aliphatic carbocycles. The van der Waals surface area contributed by atoms with Gasteiger partial charge in [-0.3, -0.25) is 0 Å². The van der Waals surface area contributed by atoms with Gasteiger partial charge in [0.25, 0.3) is 0 Å². The minimum Gasteiger partial charge on any atom is -0.120 e. The van der Waals surface area contributed by atoms with E-state index in [9.17, 15) is 0 Å². The third-order valence-corrected chi connectivity index (χ3v) is 1.47. The van der Waals surface area contributed by atoms with Gasteiger partial charge in [-0.2, -0.15) is 0 Å². The summed E-state index contributed by atoms with van der Waals surface area (Å²) < 4.78 is 0. The fourth-order valence-electron chi connectivity index (χ4n) is 0.664. The van der Waals surface area contributed by atoms with Crippen LogP contribution in [0.3, 0.4) is 0 Å². The molecule has 0 radical (unpaired) electrons. The summed E-state index contributed by atoms with van der Waals surface area (Å²) in [6.07, 6.45) is 10.5. The highest BCUT2D eigenvalue weighted by Gasteiger charge is 1.83. The number of terminal acetylenes is 1. The van der Waals surface area contributed by atoms with Gasteiger partial charge in [0.05, 0.1) is 0 Å². The van der Waals surface area contributed by atoms with E-state index < -0.39 is 0 Å². The predicted octanol–water partition coefficient (Wildman–Crippen LogP) is 2.93. The van der Waals surface area contributed by atoms with Crippen molar-refractivity contribution in [1.29, 1.82) is 0 Å². The van der Waals surface area contributed by atoms with Gasteiger partial charge in [0.2, 0.25) is 0 Å². The van der Waals surface area contributed by atoms with Crippen molar-refractivity contribution >= 4 is 15.9 Å². The molecule has 0 unspecified atom stereocenters. The van der Waals surface area contributed by atoms with E-state index in [0.717, 1.165) is 19.3 Å². The maximum absolute atomic E-state index is 5.08. The fourth-order valence-corrected chi connectivity index (χ4v) is 0.863. The summed E-state index contributed by atoms with van der Waals surface area (Å²) in [5, 5.41) is 0. The molecule has 0 spiro atoms. The van der Waals surface area contributed by atoms with E-state index >= 15 is 0 Å². The summed E-state index contributed by atoms with van der Waals surface area (Å²) in [7, 11) is 0. The van der Waals surface area contributed by atoms with Crippen molar-refractivity contribution in [1.82, 2.24) is 0 Å². The molecule has 0 aromatic rings. The lowest BCUT2D eigenvalue weighted by atomic mass is 10.1. The Kier molecular flexibility index (Phi) is 8.26. The maximum atomic E-state index is 5.08. The largest absolute Gasteiger partial charge is 0.120 e. The van der Waals surface area contributed by atoms with E-state index in [0.29, 0.717) is 0 Å². The molecule has 0 bridgehead atoms. The lowest BCUT2D eigenvalue weighted by Crippen LogP contribution is -1.74. The molecule has 0 aromatic heterocycles. The first-order valence-corrected chi connectivity index (χ1v) is 4.23. The van der Waals surface area contributed by atoms with Crippen LogP contribution in [-0.2, 0) is 0 Å². The average Bonchev–Trinajstić information content (AvgIpc) is 1.97. The van der Waals surface area contributed by atoms with E-state index in [1.165, 1.54) is 12.8 Å². The quantitative estimate of drug-likeness (QED) is 0.482. The molecule has 54 valence electrons. The highest BCUT2D eigenvalue weighted by atomic mass is 79.9. The maximum Gasteiger partial charge on any atom is 0.0106 e. The van der Waals surface area contributed by atoms with Crippen LogP contribution in [0, 0.1) is 23.1 Å². The highest BCUT2D eigenvalue weighted by molar-refractivity contribution is 9.12. The predicted molar refractivity (Wildman–Crippen MR) is 48.6 cm³/mol. The van der Waals surface area contributed by atoms with Crippen LogP contribution in [0.5, 0.6) is 0 Å². The molecule has 0 rings (SSSR count). The second kappa shape index (κ2) is 8.60. The number of unbranched alkanes of at least 4 members (excludes halogenated alkanes) is 4. The highest BCUT2D eigenvalue weighted by Crippen LogP contribution is 2.00. The van der Waals surface area contributed by atoms with Crippen molar-refractivity contribution in [2.24, 2.45) is 0 Å². The topological polar surface area (TPSA) is 0 Å². The van der Waals surface area contributed by atoms with Crippen LogP contribution in [-0.4, -0.2) is 0 Å². The van der Waals surface area contributed by atoms with Crippen LogP contribution in [0.2, 0.25) is 0 Å².